The molecule has 0 spiro atoms. The highest BCUT2D eigenvalue weighted by atomic mass is 19.4. The molecule has 0 unspecified atom stereocenters. The van der Waals surface area contributed by atoms with E-state index in [1.165, 1.54) is 24.5 Å². The number of hydrogen-bond acceptors (Lipinski definition) is 4. The van der Waals surface area contributed by atoms with Crippen LogP contribution in [0.15, 0.2) is 48.8 Å². The van der Waals surface area contributed by atoms with E-state index >= 15 is 0 Å². The molecule has 174 valence electrons. The third-order valence-corrected chi connectivity index (χ3v) is 5.75. The number of aromatic amines is 1. The second-order valence-corrected chi connectivity index (χ2v) is 8.12. The second kappa shape index (κ2) is 8.12. The van der Waals surface area contributed by atoms with Gasteiger partial charge in [0.15, 0.2) is 0 Å². The van der Waals surface area contributed by atoms with Gasteiger partial charge in [-0.15, -0.1) is 0 Å². The van der Waals surface area contributed by atoms with Crippen molar-refractivity contribution < 1.29 is 17.6 Å². The number of fused-ring (bicyclic) bond motifs is 2. The number of halogens is 4. The van der Waals surface area contributed by atoms with Crippen LogP contribution in [0.4, 0.5) is 23.4 Å². The number of benzene rings is 2. The van der Waals surface area contributed by atoms with Crippen molar-refractivity contribution in [2.45, 2.75) is 26.6 Å². The number of anilines is 1. The summed E-state index contributed by atoms with van der Waals surface area (Å²) in [5, 5.41) is 4.26. The predicted molar refractivity (Wildman–Crippen MR) is 122 cm³/mol. The summed E-state index contributed by atoms with van der Waals surface area (Å²) in [6, 6.07) is 11.6. The van der Waals surface area contributed by atoms with Crippen LogP contribution >= 0.6 is 0 Å². The van der Waals surface area contributed by atoms with Gasteiger partial charge in [0.2, 0.25) is 5.82 Å². The van der Waals surface area contributed by atoms with Crippen molar-refractivity contribution in [3.05, 3.63) is 71.7 Å². The van der Waals surface area contributed by atoms with Crippen molar-refractivity contribution in [3.8, 4) is 11.3 Å². The lowest BCUT2D eigenvalue weighted by Crippen LogP contribution is -2.12. The van der Waals surface area contributed by atoms with E-state index in [1.54, 1.807) is 18.2 Å². The highest BCUT2D eigenvalue weighted by Crippen LogP contribution is 2.30. The molecule has 0 atom stereocenters. The number of aryl methyl sites for hydroxylation is 2. The topological polar surface area (TPSA) is 71.4 Å². The molecule has 2 aromatic carbocycles. The lowest BCUT2D eigenvalue weighted by Gasteiger charge is -2.11. The largest absolute Gasteiger partial charge is 0.449 e. The van der Waals surface area contributed by atoms with Crippen LogP contribution in [0.25, 0.3) is 33.2 Å². The number of rotatable bonds is 5. The molecule has 0 aliphatic heterocycles. The quantitative estimate of drug-likeness (QED) is 0.317. The summed E-state index contributed by atoms with van der Waals surface area (Å²) >= 11 is 0. The highest BCUT2D eigenvalue weighted by molar-refractivity contribution is 5.85. The van der Waals surface area contributed by atoms with E-state index in [0.717, 1.165) is 22.2 Å². The SMILES string of the molecule is Cc1cc(F)cc2c1cc(C)n2CCNc1cc(-c2ccc3nc(C(F)(F)F)[nH]c3c2)ncn1. The smallest absolute Gasteiger partial charge is 0.368 e. The van der Waals surface area contributed by atoms with Crippen LogP contribution < -0.4 is 5.32 Å². The Hall–Kier alpha value is -3.95. The minimum absolute atomic E-state index is 0.226. The van der Waals surface area contributed by atoms with Crippen molar-refractivity contribution in [3.63, 3.8) is 0 Å². The van der Waals surface area contributed by atoms with Crippen LogP contribution in [0.1, 0.15) is 17.1 Å². The fraction of sp³-hybridized carbons (Fsp3) is 0.208. The summed E-state index contributed by atoms with van der Waals surface area (Å²) in [6.07, 6.45) is -3.15. The standard InChI is InChI=1S/C24H20F4N6/c1-13-7-16(25)10-21-17(13)8-14(2)34(21)6-5-29-22-11-19(30-12-31-22)15-3-4-18-20(9-15)33-23(32-18)24(26,27)28/h3-4,7-12H,5-6H2,1-2H3,(H,32,33)(H,29,30,31). The molecule has 0 fully saturated rings. The molecule has 2 N–H and O–H groups in total. The Morgan fingerprint density at radius 3 is 2.65 bits per heavy atom. The predicted octanol–water partition coefficient (Wildman–Crippen LogP) is 5.86. The molecule has 3 aromatic heterocycles. The number of alkyl halides is 3. The molecule has 5 aromatic rings. The average Bonchev–Trinajstić information content (AvgIpc) is 3.35. The first-order valence-corrected chi connectivity index (χ1v) is 10.6. The van der Waals surface area contributed by atoms with Crippen LogP contribution in [0.3, 0.4) is 0 Å². The van der Waals surface area contributed by atoms with E-state index in [2.05, 4.69) is 25.3 Å². The zero-order chi connectivity index (χ0) is 24.0. The molecular weight excluding hydrogens is 448 g/mol. The molecule has 34 heavy (non-hydrogen) atoms. The fourth-order valence-electron chi connectivity index (χ4n) is 4.13. The van der Waals surface area contributed by atoms with Crippen molar-refractivity contribution in [2.75, 3.05) is 11.9 Å². The van der Waals surface area contributed by atoms with Gasteiger partial charge in [0, 0.05) is 35.8 Å². The molecule has 0 aliphatic carbocycles. The molecule has 10 heteroatoms. The first kappa shape index (κ1) is 21.9. The lowest BCUT2D eigenvalue weighted by molar-refractivity contribution is -0.144. The zero-order valence-electron chi connectivity index (χ0n) is 18.3. The van der Waals surface area contributed by atoms with Gasteiger partial charge in [-0.3, -0.25) is 0 Å². The van der Waals surface area contributed by atoms with Gasteiger partial charge in [0.25, 0.3) is 0 Å². The average molecular weight is 468 g/mol. The Morgan fingerprint density at radius 1 is 1.03 bits per heavy atom. The molecule has 3 heterocycles. The summed E-state index contributed by atoms with van der Waals surface area (Å²) in [5.41, 5.74) is 4.45. The Kier molecular flexibility index (Phi) is 5.22. The first-order chi connectivity index (χ1) is 16.2. The number of H-pyrrole nitrogens is 1. The van der Waals surface area contributed by atoms with Crippen LogP contribution in [0.5, 0.6) is 0 Å². The van der Waals surface area contributed by atoms with Crippen LogP contribution in [-0.4, -0.2) is 31.0 Å². The summed E-state index contributed by atoms with van der Waals surface area (Å²) in [4.78, 5) is 14.4. The minimum Gasteiger partial charge on any atom is -0.368 e. The molecule has 0 saturated heterocycles. The van der Waals surface area contributed by atoms with Crippen molar-refractivity contribution in [2.24, 2.45) is 0 Å². The molecule has 5 rings (SSSR count). The fourth-order valence-corrected chi connectivity index (χ4v) is 4.13. The Balaban J connectivity index is 1.34. The minimum atomic E-state index is -4.54. The van der Waals surface area contributed by atoms with Gasteiger partial charge in [-0.1, -0.05) is 6.07 Å². The summed E-state index contributed by atoms with van der Waals surface area (Å²) in [5.74, 6) is -0.732. The van der Waals surface area contributed by atoms with Gasteiger partial charge >= 0.3 is 6.18 Å². The van der Waals surface area contributed by atoms with E-state index < -0.39 is 12.0 Å². The molecule has 0 radical (unpaired) electrons. The van der Waals surface area contributed by atoms with Crippen molar-refractivity contribution in [1.82, 2.24) is 24.5 Å². The number of nitrogens with zero attached hydrogens (tertiary/aromatic N) is 4. The maximum Gasteiger partial charge on any atom is 0.449 e. The molecule has 0 bridgehead atoms. The Labute approximate surface area is 191 Å². The molecular formula is C24H20F4N6. The van der Waals surface area contributed by atoms with E-state index in [-0.39, 0.29) is 16.9 Å². The van der Waals surface area contributed by atoms with Crippen molar-refractivity contribution >= 4 is 27.8 Å². The van der Waals surface area contributed by atoms with Gasteiger partial charge < -0.3 is 14.9 Å². The van der Waals surface area contributed by atoms with Crippen LogP contribution in [-0.2, 0) is 12.7 Å². The molecule has 6 nitrogen and oxygen atoms in total. The van der Waals surface area contributed by atoms with Crippen LogP contribution in [0, 0.1) is 19.7 Å². The summed E-state index contributed by atoms with van der Waals surface area (Å²) in [6.45, 7) is 5.00. The first-order valence-electron chi connectivity index (χ1n) is 10.6. The zero-order valence-corrected chi connectivity index (χ0v) is 18.3. The third kappa shape index (κ3) is 4.07. The highest BCUT2D eigenvalue weighted by Gasteiger charge is 2.34. The number of hydrogen-bond donors (Lipinski definition) is 2. The van der Waals surface area contributed by atoms with Gasteiger partial charge in [0.05, 0.1) is 22.2 Å². The second-order valence-electron chi connectivity index (χ2n) is 8.12. The number of imidazole rings is 1. The normalized spacial score (nSPS) is 12.1. The van der Waals surface area contributed by atoms with E-state index in [1.807, 2.05) is 24.5 Å². The number of aromatic nitrogens is 5. The van der Waals surface area contributed by atoms with Gasteiger partial charge in [-0.05, 0) is 49.7 Å². The summed E-state index contributed by atoms with van der Waals surface area (Å²) < 4.78 is 54.8. The van der Waals surface area contributed by atoms with Gasteiger partial charge in [-0.25, -0.2) is 19.3 Å². The van der Waals surface area contributed by atoms with E-state index in [4.69, 9.17) is 0 Å². The maximum atomic E-state index is 13.9. The molecule has 0 saturated carbocycles. The molecule has 0 aliphatic rings. The third-order valence-electron chi connectivity index (χ3n) is 5.75. The maximum absolute atomic E-state index is 13.9. The Bertz CT molecular complexity index is 1520. The van der Waals surface area contributed by atoms with E-state index in [9.17, 15) is 17.6 Å². The molecule has 0 amide bonds. The van der Waals surface area contributed by atoms with E-state index in [0.29, 0.717) is 30.2 Å². The van der Waals surface area contributed by atoms with Crippen LogP contribution in [0.2, 0.25) is 0 Å². The van der Waals surface area contributed by atoms with Gasteiger partial charge in [-0.2, -0.15) is 13.2 Å². The van der Waals surface area contributed by atoms with Gasteiger partial charge in [0.1, 0.15) is 18.0 Å². The summed E-state index contributed by atoms with van der Waals surface area (Å²) in [7, 11) is 0. The Morgan fingerprint density at radius 2 is 1.85 bits per heavy atom. The monoisotopic (exact) mass is 468 g/mol. The number of nitrogens with one attached hydrogen (secondary N) is 2. The van der Waals surface area contributed by atoms with Crippen molar-refractivity contribution in [1.29, 1.82) is 0 Å². The lowest BCUT2D eigenvalue weighted by atomic mass is 10.1.